The highest BCUT2D eigenvalue weighted by atomic mass is 16.3. The van der Waals surface area contributed by atoms with Gasteiger partial charge in [0.05, 0.1) is 6.54 Å². The van der Waals surface area contributed by atoms with Gasteiger partial charge in [-0.2, -0.15) is 0 Å². The van der Waals surface area contributed by atoms with Gasteiger partial charge in [0.1, 0.15) is 11.3 Å². The Morgan fingerprint density at radius 3 is 2.72 bits per heavy atom. The van der Waals surface area contributed by atoms with Crippen molar-refractivity contribution in [3.8, 4) is 0 Å². The zero-order valence-electron chi connectivity index (χ0n) is 15.6. The molecule has 0 radical (unpaired) electrons. The van der Waals surface area contributed by atoms with E-state index in [-0.39, 0.29) is 0 Å². The van der Waals surface area contributed by atoms with E-state index in [0.717, 1.165) is 30.4 Å². The first-order valence-corrected chi connectivity index (χ1v) is 9.31. The lowest BCUT2D eigenvalue weighted by Crippen LogP contribution is -2.41. The Balaban J connectivity index is 1.49. The van der Waals surface area contributed by atoms with Gasteiger partial charge in [-0.15, -0.1) is 0 Å². The van der Waals surface area contributed by atoms with Gasteiger partial charge in [-0.05, 0) is 44.8 Å². The zero-order valence-corrected chi connectivity index (χ0v) is 15.6. The minimum atomic E-state index is 0.601. The summed E-state index contributed by atoms with van der Waals surface area (Å²) in [4.78, 5) is 6.89. The summed E-state index contributed by atoms with van der Waals surface area (Å²) in [5, 5.41) is 7.99. The van der Waals surface area contributed by atoms with Crippen molar-refractivity contribution < 1.29 is 4.42 Å². The molecule has 3 rings (SSSR count). The van der Waals surface area contributed by atoms with Crippen LogP contribution in [-0.2, 0) is 6.54 Å². The third kappa shape index (κ3) is 4.54. The SMILES string of the molecule is CN=C(NCc1oc2ccccc2c1C)NCC(C)CN1CCCC1. The molecule has 2 N–H and O–H groups in total. The van der Waals surface area contributed by atoms with E-state index in [4.69, 9.17) is 4.42 Å². The fourth-order valence-corrected chi connectivity index (χ4v) is 3.52. The average Bonchev–Trinajstić information content (AvgIpc) is 3.24. The molecule has 1 aliphatic heterocycles. The highest BCUT2D eigenvalue weighted by Crippen LogP contribution is 2.24. The largest absolute Gasteiger partial charge is 0.459 e. The summed E-state index contributed by atoms with van der Waals surface area (Å²) in [6.07, 6.45) is 2.69. The lowest BCUT2D eigenvalue weighted by molar-refractivity contribution is 0.287. The van der Waals surface area contributed by atoms with Crippen LogP contribution < -0.4 is 10.6 Å². The molecule has 5 heteroatoms. The highest BCUT2D eigenvalue weighted by Gasteiger charge is 2.15. The number of aliphatic imine (C=N–C) groups is 1. The number of guanidine groups is 1. The number of hydrogen-bond donors (Lipinski definition) is 2. The van der Waals surface area contributed by atoms with Crippen LogP contribution in [0.15, 0.2) is 33.7 Å². The van der Waals surface area contributed by atoms with Crippen molar-refractivity contribution in [1.82, 2.24) is 15.5 Å². The van der Waals surface area contributed by atoms with Crippen LogP contribution in [0.5, 0.6) is 0 Å². The maximum Gasteiger partial charge on any atom is 0.191 e. The van der Waals surface area contributed by atoms with Crippen molar-refractivity contribution in [3.63, 3.8) is 0 Å². The Morgan fingerprint density at radius 1 is 1.24 bits per heavy atom. The smallest absolute Gasteiger partial charge is 0.191 e. The van der Waals surface area contributed by atoms with Gasteiger partial charge in [-0.25, -0.2) is 0 Å². The molecule has 2 heterocycles. The second-order valence-electron chi connectivity index (χ2n) is 7.07. The molecule has 5 nitrogen and oxygen atoms in total. The molecule has 1 aromatic carbocycles. The topological polar surface area (TPSA) is 52.8 Å². The van der Waals surface area contributed by atoms with Gasteiger partial charge in [0, 0.05) is 31.1 Å². The van der Waals surface area contributed by atoms with Crippen molar-refractivity contribution in [2.24, 2.45) is 10.9 Å². The first-order chi connectivity index (χ1) is 12.2. The monoisotopic (exact) mass is 342 g/mol. The Hall–Kier alpha value is -2.01. The highest BCUT2D eigenvalue weighted by molar-refractivity contribution is 5.82. The number of hydrogen-bond acceptors (Lipinski definition) is 3. The van der Waals surface area contributed by atoms with Crippen molar-refractivity contribution in [1.29, 1.82) is 0 Å². The van der Waals surface area contributed by atoms with E-state index in [1.54, 1.807) is 0 Å². The van der Waals surface area contributed by atoms with E-state index in [0.29, 0.717) is 12.5 Å². The second kappa shape index (κ2) is 8.39. The van der Waals surface area contributed by atoms with Crippen LogP contribution in [0.3, 0.4) is 0 Å². The minimum Gasteiger partial charge on any atom is -0.459 e. The van der Waals surface area contributed by atoms with Crippen LogP contribution in [0.1, 0.15) is 31.1 Å². The maximum absolute atomic E-state index is 5.96. The molecule has 136 valence electrons. The zero-order chi connectivity index (χ0) is 17.6. The number of rotatable bonds is 6. The summed E-state index contributed by atoms with van der Waals surface area (Å²) in [6.45, 7) is 9.63. The van der Waals surface area contributed by atoms with Gasteiger partial charge < -0.3 is 20.0 Å². The predicted molar refractivity (Wildman–Crippen MR) is 104 cm³/mol. The third-order valence-corrected chi connectivity index (χ3v) is 4.97. The lowest BCUT2D eigenvalue weighted by Gasteiger charge is -2.21. The number of nitrogens with zero attached hydrogens (tertiary/aromatic N) is 2. The van der Waals surface area contributed by atoms with E-state index >= 15 is 0 Å². The van der Waals surface area contributed by atoms with Crippen LogP contribution in [0.4, 0.5) is 0 Å². The van der Waals surface area contributed by atoms with Crippen LogP contribution in [0.2, 0.25) is 0 Å². The molecule has 1 fully saturated rings. The second-order valence-corrected chi connectivity index (χ2v) is 7.07. The number of likely N-dealkylation sites (tertiary alicyclic amines) is 1. The van der Waals surface area contributed by atoms with Gasteiger partial charge >= 0.3 is 0 Å². The van der Waals surface area contributed by atoms with Crippen molar-refractivity contribution in [2.45, 2.75) is 33.2 Å². The van der Waals surface area contributed by atoms with Crippen LogP contribution >= 0.6 is 0 Å². The molecule has 25 heavy (non-hydrogen) atoms. The van der Waals surface area contributed by atoms with E-state index in [1.807, 2.05) is 25.2 Å². The quantitative estimate of drug-likeness (QED) is 0.625. The fourth-order valence-electron chi connectivity index (χ4n) is 3.52. The summed E-state index contributed by atoms with van der Waals surface area (Å²) in [7, 11) is 1.81. The van der Waals surface area contributed by atoms with E-state index in [9.17, 15) is 0 Å². The van der Waals surface area contributed by atoms with E-state index in [2.05, 4.69) is 40.4 Å². The van der Waals surface area contributed by atoms with Crippen molar-refractivity contribution in [3.05, 3.63) is 35.6 Å². The summed E-state index contributed by atoms with van der Waals surface area (Å²) in [6, 6.07) is 8.17. The van der Waals surface area contributed by atoms with Crippen molar-refractivity contribution in [2.75, 3.05) is 33.2 Å². The fraction of sp³-hybridized carbons (Fsp3) is 0.550. The first kappa shape index (κ1) is 17.8. The summed E-state index contributed by atoms with van der Waals surface area (Å²) < 4.78 is 5.96. The molecular formula is C20H30N4O. The number of furan rings is 1. The molecule has 0 spiro atoms. The van der Waals surface area contributed by atoms with Gasteiger partial charge in [-0.1, -0.05) is 25.1 Å². The van der Waals surface area contributed by atoms with Gasteiger partial charge in [0.15, 0.2) is 5.96 Å². The molecule has 0 bridgehead atoms. The minimum absolute atomic E-state index is 0.601. The summed E-state index contributed by atoms with van der Waals surface area (Å²) in [5.74, 6) is 2.40. The molecular weight excluding hydrogens is 312 g/mol. The third-order valence-electron chi connectivity index (χ3n) is 4.97. The molecule has 2 aromatic rings. The molecule has 1 aromatic heterocycles. The lowest BCUT2D eigenvalue weighted by atomic mass is 10.1. The maximum atomic E-state index is 5.96. The summed E-state index contributed by atoms with van der Waals surface area (Å²) >= 11 is 0. The average molecular weight is 342 g/mol. The van der Waals surface area contributed by atoms with Crippen LogP contribution in [-0.4, -0.2) is 44.1 Å². The Labute approximate surface area is 150 Å². The molecule has 1 saturated heterocycles. The molecule has 0 aliphatic carbocycles. The standard InChI is InChI=1S/C20H30N4O/c1-15(14-24-10-6-7-11-24)12-22-20(21-3)23-13-19-16(2)17-8-4-5-9-18(17)25-19/h4-5,8-9,15H,6-7,10-14H2,1-3H3,(H2,21,22,23). The Bertz CT molecular complexity index is 716. The summed E-state index contributed by atoms with van der Waals surface area (Å²) in [5.41, 5.74) is 2.14. The number of benzene rings is 1. The molecule has 1 aliphatic rings. The number of aryl methyl sites for hydroxylation is 1. The van der Waals surface area contributed by atoms with Crippen LogP contribution in [0, 0.1) is 12.8 Å². The predicted octanol–water partition coefficient (Wildman–Crippen LogP) is 3.14. The van der Waals surface area contributed by atoms with Gasteiger partial charge in [0.2, 0.25) is 0 Å². The van der Waals surface area contributed by atoms with Crippen molar-refractivity contribution >= 4 is 16.9 Å². The van der Waals surface area contributed by atoms with Gasteiger partial charge in [0.25, 0.3) is 0 Å². The number of para-hydroxylation sites is 1. The number of nitrogens with one attached hydrogen (secondary N) is 2. The number of fused-ring (bicyclic) bond motifs is 1. The van der Waals surface area contributed by atoms with Gasteiger partial charge in [-0.3, -0.25) is 4.99 Å². The molecule has 0 saturated carbocycles. The van der Waals surface area contributed by atoms with E-state index < -0.39 is 0 Å². The van der Waals surface area contributed by atoms with Crippen LogP contribution in [0.25, 0.3) is 11.0 Å². The first-order valence-electron chi connectivity index (χ1n) is 9.31. The molecule has 0 amide bonds. The molecule has 1 unspecified atom stereocenters. The Kier molecular flexibility index (Phi) is 5.97. The molecule has 1 atom stereocenters. The van der Waals surface area contributed by atoms with E-state index in [1.165, 1.54) is 36.9 Å². The Morgan fingerprint density at radius 2 is 2.00 bits per heavy atom. The normalized spacial score (nSPS) is 17.2.